The third kappa shape index (κ3) is 5.22. The molecule has 2 fully saturated rings. The van der Waals surface area contributed by atoms with E-state index in [9.17, 15) is 9.59 Å². The third-order valence-electron chi connectivity index (χ3n) is 4.71. The molecule has 2 amide bonds. The quantitative estimate of drug-likeness (QED) is 0.643. The summed E-state index contributed by atoms with van der Waals surface area (Å²) >= 11 is 0. The van der Waals surface area contributed by atoms with E-state index < -0.39 is 0 Å². The molecule has 2 aliphatic carbocycles. The van der Waals surface area contributed by atoms with E-state index in [0.29, 0.717) is 17.6 Å². The minimum Gasteiger partial charge on any atom is -0.350 e. The van der Waals surface area contributed by atoms with Gasteiger partial charge in [0.15, 0.2) is 0 Å². The summed E-state index contributed by atoms with van der Waals surface area (Å²) in [5.41, 5.74) is 1.59. The number of carbonyl (C=O) groups excluding carboxylic acids is 2. The van der Waals surface area contributed by atoms with Crippen LogP contribution in [0.3, 0.4) is 0 Å². The van der Waals surface area contributed by atoms with Gasteiger partial charge in [0.1, 0.15) is 0 Å². The molecule has 2 N–H and O–H groups in total. The zero-order chi connectivity index (χ0) is 16.8. The molecule has 0 saturated heterocycles. The van der Waals surface area contributed by atoms with Gasteiger partial charge in [0.2, 0.25) is 5.91 Å². The van der Waals surface area contributed by atoms with Gasteiger partial charge in [-0.2, -0.15) is 0 Å². The number of nitrogens with one attached hydrogen (secondary N) is 2. The van der Waals surface area contributed by atoms with Crippen LogP contribution in [0.1, 0.15) is 67.3 Å². The van der Waals surface area contributed by atoms with Crippen LogP contribution < -0.4 is 10.6 Å². The minimum absolute atomic E-state index is 0.0147. The predicted molar refractivity (Wildman–Crippen MR) is 95.6 cm³/mol. The van der Waals surface area contributed by atoms with Gasteiger partial charge >= 0.3 is 0 Å². The van der Waals surface area contributed by atoms with E-state index in [0.717, 1.165) is 31.2 Å². The molecule has 128 valence electrons. The molecule has 0 atom stereocenters. The van der Waals surface area contributed by atoms with Crippen LogP contribution >= 0.6 is 0 Å². The Hall–Kier alpha value is -2.10. The Morgan fingerprint density at radius 2 is 1.46 bits per heavy atom. The van der Waals surface area contributed by atoms with Crippen LogP contribution in [-0.4, -0.2) is 23.9 Å². The predicted octanol–water partition coefficient (Wildman–Crippen LogP) is 3.43. The molecule has 1 aromatic rings. The summed E-state index contributed by atoms with van der Waals surface area (Å²) in [6.45, 7) is 0. The first-order chi connectivity index (χ1) is 11.7. The molecule has 0 heterocycles. The van der Waals surface area contributed by atoms with Crippen molar-refractivity contribution in [1.82, 2.24) is 10.6 Å². The van der Waals surface area contributed by atoms with Gasteiger partial charge in [0.25, 0.3) is 5.91 Å². The first kappa shape index (κ1) is 16.7. The van der Waals surface area contributed by atoms with Crippen molar-refractivity contribution in [2.24, 2.45) is 0 Å². The van der Waals surface area contributed by atoms with Gasteiger partial charge in [-0.05, 0) is 49.5 Å². The van der Waals surface area contributed by atoms with Crippen molar-refractivity contribution in [3.63, 3.8) is 0 Å². The van der Waals surface area contributed by atoms with Crippen molar-refractivity contribution < 1.29 is 9.59 Å². The molecule has 4 heteroatoms. The van der Waals surface area contributed by atoms with Crippen LogP contribution in [0.2, 0.25) is 0 Å². The van der Waals surface area contributed by atoms with E-state index in [2.05, 4.69) is 10.6 Å². The molecule has 0 radical (unpaired) electrons. The molecule has 2 aliphatic rings. The summed E-state index contributed by atoms with van der Waals surface area (Å²) in [5, 5.41) is 6.07. The fraction of sp³-hybridized carbons (Fsp3) is 0.500. The molecule has 0 unspecified atom stereocenters. The highest BCUT2D eigenvalue weighted by molar-refractivity contribution is 5.95. The molecule has 0 spiro atoms. The van der Waals surface area contributed by atoms with Crippen molar-refractivity contribution in [3.8, 4) is 0 Å². The van der Waals surface area contributed by atoms with Gasteiger partial charge in [0.05, 0.1) is 0 Å². The summed E-state index contributed by atoms with van der Waals surface area (Å²) in [6.07, 6.45) is 12.7. The summed E-state index contributed by atoms with van der Waals surface area (Å²) in [4.78, 5) is 24.0. The Morgan fingerprint density at radius 3 is 2.08 bits per heavy atom. The monoisotopic (exact) mass is 326 g/mol. The van der Waals surface area contributed by atoms with E-state index >= 15 is 0 Å². The van der Waals surface area contributed by atoms with Gasteiger partial charge in [-0.1, -0.05) is 37.8 Å². The van der Waals surface area contributed by atoms with E-state index in [4.69, 9.17) is 0 Å². The van der Waals surface area contributed by atoms with Crippen LogP contribution in [0.15, 0.2) is 30.3 Å². The summed E-state index contributed by atoms with van der Waals surface area (Å²) < 4.78 is 0. The first-order valence-electron chi connectivity index (χ1n) is 9.10. The first-order valence-corrected chi connectivity index (χ1v) is 9.10. The second kappa shape index (κ2) is 8.13. The Morgan fingerprint density at radius 1 is 0.833 bits per heavy atom. The lowest BCUT2D eigenvalue weighted by Crippen LogP contribution is -2.33. The Bertz CT molecular complexity index is 595. The zero-order valence-electron chi connectivity index (χ0n) is 14.1. The van der Waals surface area contributed by atoms with E-state index in [1.807, 2.05) is 12.1 Å². The lowest BCUT2D eigenvalue weighted by Gasteiger charge is -2.14. The maximum absolute atomic E-state index is 12.0. The van der Waals surface area contributed by atoms with Crippen LogP contribution in [0.4, 0.5) is 0 Å². The lowest BCUT2D eigenvalue weighted by molar-refractivity contribution is -0.117. The highest BCUT2D eigenvalue weighted by Gasteiger charge is 2.23. The van der Waals surface area contributed by atoms with Crippen molar-refractivity contribution in [3.05, 3.63) is 41.5 Å². The number of carbonyl (C=O) groups is 2. The van der Waals surface area contributed by atoms with Crippen molar-refractivity contribution in [1.29, 1.82) is 0 Å². The van der Waals surface area contributed by atoms with E-state index in [1.54, 1.807) is 24.3 Å². The second-order valence-corrected chi connectivity index (χ2v) is 6.90. The molecule has 0 aromatic heterocycles. The topological polar surface area (TPSA) is 58.2 Å². The smallest absolute Gasteiger partial charge is 0.251 e. The molecular formula is C20H26N2O2. The molecule has 4 nitrogen and oxygen atoms in total. The molecule has 0 aliphatic heterocycles. The molecule has 3 rings (SSSR count). The number of amides is 2. The van der Waals surface area contributed by atoms with Gasteiger partial charge in [-0.15, -0.1) is 0 Å². The van der Waals surface area contributed by atoms with Crippen LogP contribution in [0.5, 0.6) is 0 Å². The van der Waals surface area contributed by atoms with Crippen molar-refractivity contribution in [2.75, 3.05) is 0 Å². The highest BCUT2D eigenvalue weighted by atomic mass is 16.2. The lowest BCUT2D eigenvalue weighted by atomic mass is 10.1. The average molecular weight is 326 g/mol. The van der Waals surface area contributed by atoms with Crippen LogP contribution in [-0.2, 0) is 4.79 Å². The van der Waals surface area contributed by atoms with Gasteiger partial charge in [-0.25, -0.2) is 0 Å². The fourth-order valence-corrected chi connectivity index (χ4v) is 3.09. The molecule has 1 aromatic carbocycles. The van der Waals surface area contributed by atoms with Gasteiger partial charge in [0, 0.05) is 23.7 Å². The van der Waals surface area contributed by atoms with Crippen LogP contribution in [0, 0.1) is 0 Å². The fourth-order valence-electron chi connectivity index (χ4n) is 3.09. The van der Waals surface area contributed by atoms with Gasteiger partial charge < -0.3 is 10.6 Å². The third-order valence-corrected chi connectivity index (χ3v) is 4.71. The highest BCUT2D eigenvalue weighted by Crippen LogP contribution is 2.19. The largest absolute Gasteiger partial charge is 0.350 e. The Kier molecular flexibility index (Phi) is 5.68. The Balaban J connectivity index is 1.49. The molecule has 0 bridgehead atoms. The van der Waals surface area contributed by atoms with E-state index in [-0.39, 0.29) is 11.8 Å². The maximum Gasteiger partial charge on any atom is 0.251 e. The maximum atomic E-state index is 12.0. The minimum atomic E-state index is -0.0301. The number of rotatable bonds is 5. The SMILES string of the molecule is O=C(C=Cc1ccc(C(=O)NC2CC2)cc1)NC1CCCCCC1. The summed E-state index contributed by atoms with van der Waals surface area (Å²) in [6, 6.07) is 8.04. The second-order valence-electron chi connectivity index (χ2n) is 6.90. The number of benzene rings is 1. The zero-order valence-corrected chi connectivity index (χ0v) is 14.1. The van der Waals surface area contributed by atoms with Crippen molar-refractivity contribution in [2.45, 2.75) is 63.5 Å². The Labute approximate surface area is 143 Å². The standard InChI is InChI=1S/C20H26N2O2/c23-19(21-17-5-3-1-2-4-6-17)14-9-15-7-10-16(11-8-15)20(24)22-18-12-13-18/h7-11,14,17-18H,1-6,12-13H2,(H,21,23)(H,22,24). The molecule has 24 heavy (non-hydrogen) atoms. The molecular weight excluding hydrogens is 300 g/mol. The number of hydrogen-bond donors (Lipinski definition) is 2. The number of hydrogen-bond acceptors (Lipinski definition) is 2. The average Bonchev–Trinajstić information content (AvgIpc) is 3.41. The van der Waals surface area contributed by atoms with Crippen LogP contribution in [0.25, 0.3) is 6.08 Å². The summed E-state index contributed by atoms with van der Waals surface area (Å²) in [7, 11) is 0. The normalized spacial score (nSPS) is 19.0. The van der Waals surface area contributed by atoms with Gasteiger partial charge in [-0.3, -0.25) is 9.59 Å². The molecule has 2 saturated carbocycles. The van der Waals surface area contributed by atoms with Crippen molar-refractivity contribution >= 4 is 17.9 Å². The van der Waals surface area contributed by atoms with E-state index in [1.165, 1.54) is 25.7 Å². The summed E-state index contributed by atoms with van der Waals surface area (Å²) in [5.74, 6) is -0.0448.